The van der Waals surface area contributed by atoms with Crippen LogP contribution in [0.2, 0.25) is 0 Å². The van der Waals surface area contributed by atoms with Crippen LogP contribution in [-0.4, -0.2) is 23.2 Å². The van der Waals surface area contributed by atoms with Crippen molar-refractivity contribution in [3.05, 3.63) is 160 Å². The molecule has 192 valence electrons. The Kier molecular flexibility index (Phi) is 6.73. The van der Waals surface area contributed by atoms with E-state index in [1.54, 1.807) is 0 Å². The lowest BCUT2D eigenvalue weighted by Crippen LogP contribution is -2.16. The molecule has 0 saturated carbocycles. The van der Waals surface area contributed by atoms with Crippen molar-refractivity contribution in [2.75, 3.05) is 0 Å². The van der Waals surface area contributed by atoms with Gasteiger partial charge >= 0.3 is 7.98 Å². The highest BCUT2D eigenvalue weighted by Gasteiger charge is 2.28. The predicted octanol–water partition coefficient (Wildman–Crippen LogP) is 8.50. The third-order valence-electron chi connectivity index (χ3n) is 7.90. The third-order valence-corrected chi connectivity index (χ3v) is 7.90. The standard InChI is InChI=1S/C37H32BN2/c1-24-10-8-11-25(2)35(24)31-20-21-32(39-31)37(30-18-16-29(17-19-30)28-14-6-5-7-15-28)34-23-22-33(40(34)38)36-26(3)12-9-13-27(36)4/h5-23,39H,1-4H3/q+1. The quantitative estimate of drug-likeness (QED) is 0.226. The lowest BCUT2D eigenvalue weighted by molar-refractivity contribution is -0.298. The summed E-state index contributed by atoms with van der Waals surface area (Å²) in [4.78, 5) is 3.75. The normalized spacial score (nSPS) is 14.2. The summed E-state index contributed by atoms with van der Waals surface area (Å²) in [6.45, 7) is 8.61. The molecule has 6 rings (SSSR count). The van der Waals surface area contributed by atoms with Gasteiger partial charge in [0.25, 0.3) is 0 Å². The maximum atomic E-state index is 6.92. The molecule has 2 nitrogen and oxygen atoms in total. The van der Waals surface area contributed by atoms with Crippen molar-refractivity contribution in [2.45, 2.75) is 27.7 Å². The minimum Gasteiger partial charge on any atom is -0.354 e. The van der Waals surface area contributed by atoms with E-state index in [1.165, 1.54) is 44.5 Å². The fourth-order valence-electron chi connectivity index (χ4n) is 5.90. The molecule has 2 radical (unpaired) electrons. The predicted molar refractivity (Wildman–Crippen MR) is 169 cm³/mol. The summed E-state index contributed by atoms with van der Waals surface area (Å²) in [5, 5.41) is 0. The molecule has 4 aromatic carbocycles. The van der Waals surface area contributed by atoms with Crippen LogP contribution in [0.4, 0.5) is 0 Å². The Morgan fingerprint density at radius 2 is 1.15 bits per heavy atom. The zero-order chi connectivity index (χ0) is 27.8. The maximum Gasteiger partial charge on any atom is 0.587 e. The van der Waals surface area contributed by atoms with Gasteiger partial charge in [0.1, 0.15) is 0 Å². The average Bonchev–Trinajstić information content (AvgIpc) is 3.57. The van der Waals surface area contributed by atoms with Crippen LogP contribution in [0.15, 0.2) is 121 Å². The Labute approximate surface area is 238 Å². The van der Waals surface area contributed by atoms with Gasteiger partial charge in [-0.3, -0.25) is 4.49 Å². The summed E-state index contributed by atoms with van der Waals surface area (Å²) in [6, 6.07) is 36.4. The van der Waals surface area contributed by atoms with Gasteiger partial charge in [0.2, 0.25) is 0 Å². The Balaban J connectivity index is 1.53. The molecule has 0 fully saturated rings. The van der Waals surface area contributed by atoms with Crippen molar-refractivity contribution >= 4 is 19.3 Å². The van der Waals surface area contributed by atoms with E-state index in [9.17, 15) is 0 Å². The lowest BCUT2D eigenvalue weighted by atomic mass is 9.96. The van der Waals surface area contributed by atoms with Crippen molar-refractivity contribution < 1.29 is 4.49 Å². The first kappa shape index (κ1) is 25.6. The van der Waals surface area contributed by atoms with Crippen LogP contribution in [0.25, 0.3) is 28.0 Å². The minimum absolute atomic E-state index is 0.958. The molecule has 1 aromatic heterocycles. The average molecular weight is 515 g/mol. The van der Waals surface area contributed by atoms with E-state index in [0.717, 1.165) is 33.9 Å². The number of nitrogens with one attached hydrogen (secondary N) is 1. The molecule has 1 aliphatic rings. The van der Waals surface area contributed by atoms with Gasteiger partial charge in [-0.1, -0.05) is 91.0 Å². The van der Waals surface area contributed by atoms with E-state index < -0.39 is 0 Å². The Morgan fingerprint density at radius 1 is 0.575 bits per heavy atom. The van der Waals surface area contributed by atoms with Gasteiger partial charge in [-0.25, -0.2) is 0 Å². The van der Waals surface area contributed by atoms with Gasteiger partial charge in [0, 0.05) is 29.0 Å². The summed E-state index contributed by atoms with van der Waals surface area (Å²) < 4.78 is 1.84. The van der Waals surface area contributed by atoms with E-state index >= 15 is 0 Å². The maximum absolute atomic E-state index is 6.92. The molecule has 0 unspecified atom stereocenters. The summed E-state index contributed by atoms with van der Waals surface area (Å²) >= 11 is 0. The molecule has 1 N–H and O–H groups in total. The highest BCUT2D eigenvalue weighted by Crippen LogP contribution is 2.35. The fourth-order valence-corrected chi connectivity index (χ4v) is 5.90. The Bertz CT molecular complexity index is 1780. The van der Waals surface area contributed by atoms with Gasteiger partial charge in [0.15, 0.2) is 11.4 Å². The Hall–Kier alpha value is -4.63. The van der Waals surface area contributed by atoms with E-state index in [2.05, 4.69) is 142 Å². The number of aromatic nitrogens is 1. The van der Waals surface area contributed by atoms with Crippen LogP contribution in [0.5, 0.6) is 0 Å². The number of rotatable bonds is 5. The Morgan fingerprint density at radius 3 is 1.77 bits per heavy atom. The van der Waals surface area contributed by atoms with E-state index in [1.807, 2.05) is 10.6 Å². The zero-order valence-electron chi connectivity index (χ0n) is 23.5. The molecule has 1 aliphatic heterocycles. The van der Waals surface area contributed by atoms with Gasteiger partial charge < -0.3 is 4.98 Å². The summed E-state index contributed by atoms with van der Waals surface area (Å²) in [7, 11) is 6.92. The molecule has 3 heteroatoms. The number of H-pyrrole nitrogens is 1. The summed E-state index contributed by atoms with van der Waals surface area (Å²) in [6.07, 6.45) is 4.28. The SMILES string of the molecule is [B][N+]1=C(c2c(C)cccc2C)C=C/C1=C(\c1ccc(-c2ccccc2)cc1)c1ccc(-c2c(C)cccc2C)[nH]1. The molecule has 0 bridgehead atoms. The van der Waals surface area contributed by atoms with Crippen LogP contribution in [0.3, 0.4) is 0 Å². The topological polar surface area (TPSA) is 18.8 Å². The van der Waals surface area contributed by atoms with E-state index in [-0.39, 0.29) is 0 Å². The minimum atomic E-state index is 0.958. The molecule has 0 atom stereocenters. The van der Waals surface area contributed by atoms with E-state index in [4.69, 9.17) is 7.98 Å². The highest BCUT2D eigenvalue weighted by molar-refractivity contribution is 6.15. The monoisotopic (exact) mass is 515 g/mol. The van der Waals surface area contributed by atoms with Crippen LogP contribution in [0.1, 0.15) is 39.1 Å². The second-order valence-corrected chi connectivity index (χ2v) is 10.6. The largest absolute Gasteiger partial charge is 0.587 e. The first-order valence-corrected chi connectivity index (χ1v) is 13.7. The van der Waals surface area contributed by atoms with Crippen molar-refractivity contribution in [1.82, 2.24) is 4.98 Å². The molecule has 0 aliphatic carbocycles. The number of benzene rings is 4. The van der Waals surface area contributed by atoms with Crippen LogP contribution >= 0.6 is 0 Å². The molecule has 40 heavy (non-hydrogen) atoms. The van der Waals surface area contributed by atoms with Gasteiger partial charge in [-0.2, -0.15) is 0 Å². The fraction of sp³-hybridized carbons (Fsp3) is 0.108. The summed E-state index contributed by atoms with van der Waals surface area (Å²) in [5.41, 5.74) is 16.0. The number of nitrogens with zero attached hydrogens (tertiary/aromatic N) is 1. The first-order chi connectivity index (χ1) is 19.4. The molecular formula is C37H32BN2+. The molecular weight excluding hydrogens is 483 g/mol. The number of hydrogen-bond donors (Lipinski definition) is 1. The zero-order valence-corrected chi connectivity index (χ0v) is 23.5. The van der Waals surface area contributed by atoms with Crippen molar-refractivity contribution in [3.63, 3.8) is 0 Å². The molecule has 0 amide bonds. The number of aromatic amines is 1. The van der Waals surface area contributed by atoms with E-state index in [0.29, 0.717) is 0 Å². The van der Waals surface area contributed by atoms with Gasteiger partial charge in [-0.15, -0.1) is 0 Å². The molecule has 0 spiro atoms. The van der Waals surface area contributed by atoms with Crippen molar-refractivity contribution in [1.29, 1.82) is 0 Å². The van der Waals surface area contributed by atoms with Crippen molar-refractivity contribution in [3.8, 4) is 22.4 Å². The van der Waals surface area contributed by atoms with Crippen LogP contribution < -0.4 is 0 Å². The highest BCUT2D eigenvalue weighted by atomic mass is 14.9. The number of aryl methyl sites for hydroxylation is 4. The first-order valence-electron chi connectivity index (χ1n) is 13.7. The lowest BCUT2D eigenvalue weighted by Gasteiger charge is -2.12. The number of allylic oxidation sites excluding steroid dienone is 2. The second-order valence-electron chi connectivity index (χ2n) is 10.6. The smallest absolute Gasteiger partial charge is 0.354 e. The van der Waals surface area contributed by atoms with Crippen LogP contribution in [-0.2, 0) is 0 Å². The summed E-state index contributed by atoms with van der Waals surface area (Å²) in [5.74, 6) is 0. The van der Waals surface area contributed by atoms with Gasteiger partial charge in [-0.05, 0) is 78.8 Å². The molecule has 0 saturated heterocycles. The molecule has 2 heterocycles. The molecule has 5 aromatic rings. The number of hydrogen-bond acceptors (Lipinski definition) is 0. The third kappa shape index (κ3) is 4.58. The second kappa shape index (κ2) is 10.5. The van der Waals surface area contributed by atoms with Gasteiger partial charge in [0.05, 0.1) is 11.3 Å². The van der Waals surface area contributed by atoms with Crippen molar-refractivity contribution in [2.24, 2.45) is 0 Å². The van der Waals surface area contributed by atoms with Crippen LogP contribution in [0, 0.1) is 27.7 Å².